The Balaban J connectivity index is 3.34. The molecular formula is C8H5Br2F2NO. The molecule has 1 rings (SSSR count). The van der Waals surface area contributed by atoms with Gasteiger partial charge in [-0.15, -0.1) is 0 Å². The molecule has 0 N–H and O–H groups in total. The van der Waals surface area contributed by atoms with Crippen LogP contribution in [0.2, 0.25) is 0 Å². The van der Waals surface area contributed by atoms with Crippen LogP contribution in [0.15, 0.2) is 10.5 Å². The molecule has 1 aromatic heterocycles. The maximum absolute atomic E-state index is 12.4. The topological polar surface area (TPSA) is 30.0 Å². The molecule has 0 aliphatic heterocycles. The molecule has 0 unspecified atom stereocenters. The molecule has 14 heavy (non-hydrogen) atoms. The Labute approximate surface area is 96.0 Å². The summed E-state index contributed by atoms with van der Waals surface area (Å²) in [5, 5.41) is 0.334. The van der Waals surface area contributed by atoms with Crippen molar-refractivity contribution in [2.24, 2.45) is 0 Å². The van der Waals surface area contributed by atoms with Crippen molar-refractivity contribution in [2.75, 3.05) is 0 Å². The lowest BCUT2D eigenvalue weighted by atomic mass is 10.2. The molecule has 0 saturated heterocycles. The lowest BCUT2D eigenvalue weighted by molar-refractivity contribution is 0.112. The van der Waals surface area contributed by atoms with Crippen LogP contribution in [0, 0.1) is 0 Å². The van der Waals surface area contributed by atoms with Gasteiger partial charge in [0.25, 0.3) is 6.43 Å². The molecule has 0 amide bonds. The van der Waals surface area contributed by atoms with Crippen LogP contribution in [-0.2, 0) is 5.33 Å². The van der Waals surface area contributed by atoms with E-state index in [0.29, 0.717) is 17.3 Å². The van der Waals surface area contributed by atoms with Crippen LogP contribution in [0.3, 0.4) is 0 Å². The van der Waals surface area contributed by atoms with Gasteiger partial charge in [-0.2, -0.15) is 0 Å². The Kier molecular flexibility index (Phi) is 4.12. The number of alkyl halides is 3. The molecule has 6 heteroatoms. The second-order valence-electron chi connectivity index (χ2n) is 2.45. The minimum absolute atomic E-state index is 0.0622. The van der Waals surface area contributed by atoms with Gasteiger partial charge >= 0.3 is 0 Å². The molecule has 0 aliphatic carbocycles. The number of halogens is 4. The van der Waals surface area contributed by atoms with E-state index in [-0.39, 0.29) is 10.0 Å². The zero-order chi connectivity index (χ0) is 10.7. The molecule has 1 heterocycles. The highest BCUT2D eigenvalue weighted by Crippen LogP contribution is 2.28. The van der Waals surface area contributed by atoms with Crippen molar-refractivity contribution in [1.82, 2.24) is 4.98 Å². The van der Waals surface area contributed by atoms with Crippen molar-refractivity contribution in [1.29, 1.82) is 0 Å². The molecule has 0 atom stereocenters. The molecule has 2 nitrogen and oxygen atoms in total. The number of carbonyl (C=O) groups is 1. The monoisotopic (exact) mass is 327 g/mol. The first kappa shape index (κ1) is 11.7. The summed E-state index contributed by atoms with van der Waals surface area (Å²) in [6.45, 7) is 0. The lowest BCUT2D eigenvalue weighted by Gasteiger charge is -2.06. The van der Waals surface area contributed by atoms with Crippen molar-refractivity contribution < 1.29 is 13.6 Å². The van der Waals surface area contributed by atoms with Gasteiger partial charge < -0.3 is 0 Å². The maximum atomic E-state index is 12.4. The smallest absolute Gasteiger partial charge is 0.281 e. The predicted octanol–water partition coefficient (Wildman–Crippen LogP) is 3.49. The third-order valence-electron chi connectivity index (χ3n) is 1.54. The van der Waals surface area contributed by atoms with E-state index in [1.807, 2.05) is 0 Å². The van der Waals surface area contributed by atoms with Gasteiger partial charge in [-0.05, 0) is 22.0 Å². The molecule has 0 spiro atoms. The van der Waals surface area contributed by atoms with E-state index in [4.69, 9.17) is 0 Å². The average molecular weight is 329 g/mol. The van der Waals surface area contributed by atoms with Gasteiger partial charge in [0.05, 0.1) is 10.2 Å². The van der Waals surface area contributed by atoms with Gasteiger partial charge in [0.2, 0.25) is 0 Å². The number of pyridine rings is 1. The van der Waals surface area contributed by atoms with E-state index in [2.05, 4.69) is 36.8 Å². The number of hydrogen-bond donors (Lipinski definition) is 0. The average Bonchev–Trinajstić information content (AvgIpc) is 2.17. The predicted molar refractivity (Wildman–Crippen MR) is 54.9 cm³/mol. The van der Waals surface area contributed by atoms with Crippen LogP contribution >= 0.6 is 31.9 Å². The second-order valence-corrected chi connectivity index (χ2v) is 3.81. The summed E-state index contributed by atoms with van der Waals surface area (Å²) in [6, 6.07) is 1.46. The van der Waals surface area contributed by atoms with E-state index >= 15 is 0 Å². The van der Waals surface area contributed by atoms with Crippen LogP contribution in [0.25, 0.3) is 0 Å². The van der Waals surface area contributed by atoms with Gasteiger partial charge in [-0.25, -0.2) is 13.8 Å². The summed E-state index contributed by atoms with van der Waals surface area (Å²) in [5.41, 5.74) is 0.194. The number of carbonyl (C=O) groups excluding carboxylic acids is 1. The summed E-state index contributed by atoms with van der Waals surface area (Å²) in [4.78, 5) is 14.2. The summed E-state index contributed by atoms with van der Waals surface area (Å²) >= 11 is 6.01. The van der Waals surface area contributed by atoms with E-state index in [1.54, 1.807) is 0 Å². The molecule has 76 valence electrons. The number of aldehydes is 1. The molecule has 0 saturated carbocycles. The van der Waals surface area contributed by atoms with Crippen molar-refractivity contribution in [2.45, 2.75) is 11.8 Å². The van der Waals surface area contributed by atoms with Gasteiger partial charge in [0, 0.05) is 10.9 Å². The van der Waals surface area contributed by atoms with Crippen molar-refractivity contribution in [3.05, 3.63) is 27.5 Å². The largest absolute Gasteiger partial charge is 0.298 e. The van der Waals surface area contributed by atoms with Crippen molar-refractivity contribution in [3.63, 3.8) is 0 Å². The fourth-order valence-electron chi connectivity index (χ4n) is 0.926. The van der Waals surface area contributed by atoms with E-state index in [9.17, 15) is 13.6 Å². The SMILES string of the molecule is O=Cc1cc(CBr)nc(C(F)F)c1Br. The summed E-state index contributed by atoms with van der Waals surface area (Å²) in [5.74, 6) is 0. The number of aromatic nitrogens is 1. The summed E-state index contributed by atoms with van der Waals surface area (Å²) in [7, 11) is 0. The number of hydrogen-bond acceptors (Lipinski definition) is 2. The lowest BCUT2D eigenvalue weighted by Crippen LogP contribution is -2.00. The fraction of sp³-hybridized carbons (Fsp3) is 0.250. The third kappa shape index (κ3) is 2.36. The zero-order valence-corrected chi connectivity index (χ0v) is 9.98. The van der Waals surface area contributed by atoms with E-state index in [1.165, 1.54) is 6.07 Å². The quantitative estimate of drug-likeness (QED) is 0.628. The van der Waals surface area contributed by atoms with E-state index in [0.717, 1.165) is 0 Å². The standard InChI is InChI=1S/C8H5Br2F2NO/c9-2-5-1-4(3-14)6(10)7(13-5)8(11)12/h1,3,8H,2H2. The minimum atomic E-state index is -2.69. The summed E-state index contributed by atoms with van der Waals surface area (Å²) < 4.78 is 24.9. The normalized spacial score (nSPS) is 10.6. The van der Waals surface area contributed by atoms with Gasteiger partial charge in [0.1, 0.15) is 5.69 Å². The van der Waals surface area contributed by atoms with Crippen LogP contribution in [-0.4, -0.2) is 11.3 Å². The van der Waals surface area contributed by atoms with Crippen molar-refractivity contribution in [3.8, 4) is 0 Å². The van der Waals surface area contributed by atoms with Crippen LogP contribution in [0.5, 0.6) is 0 Å². The Morgan fingerprint density at radius 2 is 2.21 bits per heavy atom. The Bertz CT molecular complexity index is 357. The number of nitrogens with zero attached hydrogens (tertiary/aromatic N) is 1. The number of rotatable bonds is 3. The molecule has 0 fully saturated rings. The first-order valence-electron chi connectivity index (χ1n) is 3.58. The minimum Gasteiger partial charge on any atom is -0.298 e. The first-order valence-corrected chi connectivity index (χ1v) is 5.50. The maximum Gasteiger partial charge on any atom is 0.281 e. The molecular weight excluding hydrogens is 324 g/mol. The van der Waals surface area contributed by atoms with Crippen LogP contribution in [0.4, 0.5) is 8.78 Å². The highest BCUT2D eigenvalue weighted by atomic mass is 79.9. The van der Waals surface area contributed by atoms with E-state index < -0.39 is 12.1 Å². The van der Waals surface area contributed by atoms with Gasteiger partial charge in [-0.3, -0.25) is 4.79 Å². The molecule has 0 bridgehead atoms. The highest BCUT2D eigenvalue weighted by molar-refractivity contribution is 9.10. The molecule has 1 aromatic rings. The molecule has 0 radical (unpaired) electrons. The Hall–Kier alpha value is -0.360. The highest BCUT2D eigenvalue weighted by Gasteiger charge is 2.17. The Morgan fingerprint density at radius 1 is 1.57 bits per heavy atom. The summed E-state index contributed by atoms with van der Waals surface area (Å²) in [6.07, 6.45) is -2.17. The third-order valence-corrected chi connectivity index (χ3v) is 2.97. The molecule has 0 aromatic carbocycles. The van der Waals surface area contributed by atoms with Crippen LogP contribution in [0.1, 0.15) is 28.2 Å². The second kappa shape index (κ2) is 4.93. The van der Waals surface area contributed by atoms with Crippen molar-refractivity contribution >= 4 is 38.1 Å². The zero-order valence-electron chi connectivity index (χ0n) is 6.81. The van der Waals surface area contributed by atoms with Gasteiger partial charge in [0.15, 0.2) is 6.29 Å². The fourth-order valence-corrected chi connectivity index (χ4v) is 1.68. The van der Waals surface area contributed by atoms with Gasteiger partial charge in [-0.1, -0.05) is 15.9 Å². The first-order chi connectivity index (χ1) is 6.60. The Morgan fingerprint density at radius 3 is 2.64 bits per heavy atom. The molecule has 0 aliphatic rings. The van der Waals surface area contributed by atoms with Crippen LogP contribution < -0.4 is 0 Å².